The molecule has 1 aromatic carbocycles. The summed E-state index contributed by atoms with van der Waals surface area (Å²) in [5.74, 6) is -3.76. The summed E-state index contributed by atoms with van der Waals surface area (Å²) in [4.78, 5) is 11.4. The molecule has 9 nitrogen and oxygen atoms in total. The number of aliphatic hydroxyl groups is 5. The highest BCUT2D eigenvalue weighted by Gasteiger charge is 2.53. The SMILES string of the molecule is O=C(O)C(Cc1ccccc1)NC1O[C@@](O)(CO)[C@@H](O)[C@H](O)[C@@H]1O. The smallest absolute Gasteiger partial charge is 0.321 e. The number of hydrogen-bond donors (Lipinski definition) is 7. The molecule has 9 heteroatoms. The molecule has 0 spiro atoms. The monoisotopic (exact) mass is 343 g/mol. The first-order chi connectivity index (χ1) is 11.3. The van der Waals surface area contributed by atoms with E-state index in [1.807, 2.05) is 0 Å². The minimum absolute atomic E-state index is 0.0545. The number of ether oxygens (including phenoxy) is 1. The predicted octanol–water partition coefficient (Wildman–Crippen LogP) is -2.61. The Balaban J connectivity index is 2.14. The first-order valence-corrected chi connectivity index (χ1v) is 7.36. The highest BCUT2D eigenvalue weighted by atomic mass is 16.7. The van der Waals surface area contributed by atoms with Crippen LogP contribution in [-0.4, -0.2) is 79.6 Å². The van der Waals surface area contributed by atoms with Crippen molar-refractivity contribution in [2.24, 2.45) is 0 Å². The molecule has 1 heterocycles. The Morgan fingerprint density at radius 2 is 1.83 bits per heavy atom. The summed E-state index contributed by atoms with van der Waals surface area (Å²) in [6.45, 7) is -1.05. The molecule has 0 aromatic heterocycles. The lowest BCUT2D eigenvalue weighted by molar-refractivity contribution is -0.360. The number of rotatable bonds is 6. The van der Waals surface area contributed by atoms with E-state index >= 15 is 0 Å². The molecular formula is C15H21NO8. The third-order valence-electron chi connectivity index (χ3n) is 3.95. The van der Waals surface area contributed by atoms with E-state index in [1.165, 1.54) is 0 Å². The van der Waals surface area contributed by atoms with Gasteiger partial charge in [0.25, 0.3) is 0 Å². The number of aliphatic hydroxyl groups excluding tert-OH is 4. The Labute approximate surface area is 137 Å². The fourth-order valence-electron chi connectivity index (χ4n) is 2.52. The number of carbonyl (C=O) groups is 1. The average Bonchev–Trinajstić information content (AvgIpc) is 2.58. The largest absolute Gasteiger partial charge is 0.480 e. The van der Waals surface area contributed by atoms with E-state index in [1.54, 1.807) is 30.3 Å². The Morgan fingerprint density at radius 3 is 2.38 bits per heavy atom. The van der Waals surface area contributed by atoms with Crippen LogP contribution in [0.3, 0.4) is 0 Å². The van der Waals surface area contributed by atoms with Crippen LogP contribution in [0.25, 0.3) is 0 Å². The molecule has 2 unspecified atom stereocenters. The van der Waals surface area contributed by atoms with E-state index < -0.39 is 48.9 Å². The van der Waals surface area contributed by atoms with E-state index in [0.717, 1.165) is 0 Å². The molecule has 0 bridgehead atoms. The van der Waals surface area contributed by atoms with Crippen molar-refractivity contribution in [2.75, 3.05) is 6.61 Å². The molecule has 0 aliphatic carbocycles. The van der Waals surface area contributed by atoms with Gasteiger partial charge in [0.2, 0.25) is 5.79 Å². The Kier molecular flexibility index (Phi) is 5.88. The van der Waals surface area contributed by atoms with Crippen LogP contribution in [0.15, 0.2) is 30.3 Å². The lowest BCUT2D eigenvalue weighted by Crippen LogP contribution is -2.70. The van der Waals surface area contributed by atoms with Crippen molar-refractivity contribution in [2.45, 2.75) is 42.8 Å². The van der Waals surface area contributed by atoms with Gasteiger partial charge in [-0.15, -0.1) is 0 Å². The van der Waals surface area contributed by atoms with Crippen LogP contribution in [0.1, 0.15) is 5.56 Å². The van der Waals surface area contributed by atoms with Crippen molar-refractivity contribution in [1.82, 2.24) is 5.32 Å². The zero-order chi connectivity index (χ0) is 17.9. The summed E-state index contributed by atoms with van der Waals surface area (Å²) in [5.41, 5.74) is 0.709. The van der Waals surface area contributed by atoms with Gasteiger partial charge in [-0.05, 0) is 12.0 Å². The van der Waals surface area contributed by atoms with Gasteiger partial charge in [-0.3, -0.25) is 10.1 Å². The standard InChI is InChI=1S/C15H21NO8/c17-7-15(23)12(20)10(18)11(19)13(24-15)16-9(14(21)22)6-8-4-2-1-3-5-8/h1-5,9-13,16-20,23H,6-7H2,(H,21,22)/t9?,10-,11+,12+,13?,15+/m1/s1. The second-order valence-electron chi connectivity index (χ2n) is 5.71. The summed E-state index contributed by atoms with van der Waals surface area (Å²) in [6, 6.07) is 7.50. The Hall–Kier alpha value is -1.59. The normalized spacial score (nSPS) is 34.7. The van der Waals surface area contributed by atoms with Gasteiger partial charge in [0.15, 0.2) is 0 Å². The zero-order valence-electron chi connectivity index (χ0n) is 12.7. The third kappa shape index (κ3) is 3.90. The Bertz CT molecular complexity index is 556. The van der Waals surface area contributed by atoms with Crippen LogP contribution in [0.4, 0.5) is 0 Å². The minimum atomic E-state index is -2.52. The van der Waals surface area contributed by atoms with Crippen LogP contribution >= 0.6 is 0 Å². The van der Waals surface area contributed by atoms with Gasteiger partial charge in [0.05, 0.1) is 6.61 Å². The van der Waals surface area contributed by atoms with Crippen LogP contribution in [0.5, 0.6) is 0 Å². The summed E-state index contributed by atoms with van der Waals surface area (Å²) in [6.07, 6.45) is -6.94. The summed E-state index contributed by atoms with van der Waals surface area (Å²) in [7, 11) is 0. The van der Waals surface area contributed by atoms with Gasteiger partial charge >= 0.3 is 5.97 Å². The first kappa shape index (κ1) is 18.7. The van der Waals surface area contributed by atoms with Crippen molar-refractivity contribution in [3.8, 4) is 0 Å². The molecular weight excluding hydrogens is 322 g/mol. The van der Waals surface area contributed by atoms with Crippen molar-refractivity contribution in [3.63, 3.8) is 0 Å². The molecule has 6 atom stereocenters. The van der Waals surface area contributed by atoms with E-state index in [9.17, 15) is 30.3 Å². The second kappa shape index (κ2) is 7.53. The van der Waals surface area contributed by atoms with Crippen molar-refractivity contribution >= 4 is 5.97 Å². The molecule has 0 amide bonds. The molecule has 24 heavy (non-hydrogen) atoms. The van der Waals surface area contributed by atoms with Gasteiger partial charge in [-0.2, -0.15) is 0 Å². The topological polar surface area (TPSA) is 160 Å². The van der Waals surface area contributed by atoms with E-state index in [0.29, 0.717) is 5.56 Å². The van der Waals surface area contributed by atoms with Gasteiger partial charge in [0, 0.05) is 0 Å². The van der Waals surface area contributed by atoms with Crippen molar-refractivity contribution in [3.05, 3.63) is 35.9 Å². The number of nitrogens with one attached hydrogen (secondary N) is 1. The number of carboxylic acid groups (broad SMARTS) is 1. The van der Waals surface area contributed by atoms with Crippen molar-refractivity contribution in [1.29, 1.82) is 0 Å². The van der Waals surface area contributed by atoms with Crippen LogP contribution in [-0.2, 0) is 16.0 Å². The van der Waals surface area contributed by atoms with Crippen LogP contribution in [0.2, 0.25) is 0 Å². The lowest BCUT2D eigenvalue weighted by Gasteiger charge is -2.45. The van der Waals surface area contributed by atoms with Crippen molar-refractivity contribution < 1.29 is 40.2 Å². The third-order valence-corrected chi connectivity index (χ3v) is 3.95. The minimum Gasteiger partial charge on any atom is -0.480 e. The maximum atomic E-state index is 11.4. The van der Waals surface area contributed by atoms with Gasteiger partial charge in [-0.25, -0.2) is 0 Å². The average molecular weight is 343 g/mol. The summed E-state index contributed by atoms with van der Waals surface area (Å²) < 4.78 is 5.01. The molecule has 0 radical (unpaired) electrons. The quantitative estimate of drug-likeness (QED) is 0.294. The fourth-order valence-corrected chi connectivity index (χ4v) is 2.52. The molecule has 0 saturated carbocycles. The highest BCUT2D eigenvalue weighted by Crippen LogP contribution is 2.27. The lowest BCUT2D eigenvalue weighted by atomic mass is 9.95. The molecule has 1 aliphatic rings. The maximum absolute atomic E-state index is 11.4. The van der Waals surface area contributed by atoms with E-state index in [2.05, 4.69) is 5.32 Å². The molecule has 2 rings (SSSR count). The van der Waals surface area contributed by atoms with E-state index in [4.69, 9.17) is 9.84 Å². The molecule has 1 aliphatic heterocycles. The molecule has 7 N–H and O–H groups in total. The first-order valence-electron chi connectivity index (χ1n) is 7.36. The van der Waals surface area contributed by atoms with E-state index in [-0.39, 0.29) is 6.42 Å². The molecule has 134 valence electrons. The predicted molar refractivity (Wildman–Crippen MR) is 79.6 cm³/mol. The number of aliphatic carboxylic acids is 1. The Morgan fingerprint density at radius 1 is 1.21 bits per heavy atom. The van der Waals surface area contributed by atoms with Gasteiger partial charge < -0.3 is 35.4 Å². The number of hydrogen-bond acceptors (Lipinski definition) is 8. The second-order valence-corrected chi connectivity index (χ2v) is 5.71. The highest BCUT2D eigenvalue weighted by molar-refractivity contribution is 5.74. The van der Waals surface area contributed by atoms with Crippen LogP contribution in [0, 0.1) is 0 Å². The van der Waals surface area contributed by atoms with Crippen LogP contribution < -0.4 is 5.32 Å². The maximum Gasteiger partial charge on any atom is 0.321 e. The molecule has 1 saturated heterocycles. The molecule has 1 aromatic rings. The summed E-state index contributed by atoms with van der Waals surface area (Å²) >= 11 is 0. The summed E-state index contributed by atoms with van der Waals surface area (Å²) in [5, 5.41) is 60.3. The van der Waals surface area contributed by atoms with Gasteiger partial charge in [-0.1, -0.05) is 30.3 Å². The number of benzene rings is 1. The number of carboxylic acids is 1. The van der Waals surface area contributed by atoms with Gasteiger partial charge in [0.1, 0.15) is 30.6 Å². The fraction of sp³-hybridized carbons (Fsp3) is 0.533. The molecule has 1 fully saturated rings. The zero-order valence-corrected chi connectivity index (χ0v) is 12.7.